The van der Waals surface area contributed by atoms with E-state index in [1.165, 1.54) is 16.7 Å². The summed E-state index contributed by atoms with van der Waals surface area (Å²) in [5, 5.41) is 0. The Morgan fingerprint density at radius 1 is 1.18 bits per heavy atom. The highest BCUT2D eigenvalue weighted by Gasteiger charge is 2.70. The van der Waals surface area contributed by atoms with Crippen LogP contribution in [0.5, 0.6) is 0 Å². The van der Waals surface area contributed by atoms with E-state index in [0.717, 1.165) is 18.4 Å². The van der Waals surface area contributed by atoms with E-state index in [1.54, 1.807) is 12.1 Å². The lowest BCUT2D eigenvalue weighted by atomic mass is 9.84. The van der Waals surface area contributed by atoms with Crippen LogP contribution in [0.25, 0.3) is 0 Å². The van der Waals surface area contributed by atoms with E-state index in [2.05, 4.69) is 24.3 Å². The number of halogens is 1. The molecule has 0 amide bonds. The maximum Gasteiger partial charge on any atom is 0.123 e. The molecular weight excluding hydrogens is 277 g/mol. The van der Waals surface area contributed by atoms with Gasteiger partial charge in [-0.3, -0.25) is 0 Å². The van der Waals surface area contributed by atoms with Crippen molar-refractivity contribution >= 4 is 0 Å². The summed E-state index contributed by atoms with van der Waals surface area (Å²) in [5.41, 5.74) is 10.9. The van der Waals surface area contributed by atoms with Crippen molar-refractivity contribution < 1.29 is 9.13 Å². The first-order valence-electron chi connectivity index (χ1n) is 7.96. The van der Waals surface area contributed by atoms with E-state index in [4.69, 9.17) is 10.5 Å². The van der Waals surface area contributed by atoms with E-state index >= 15 is 0 Å². The van der Waals surface area contributed by atoms with Crippen molar-refractivity contribution in [1.82, 2.24) is 0 Å². The minimum atomic E-state index is -0.183. The van der Waals surface area contributed by atoms with E-state index in [0.29, 0.717) is 12.5 Å². The third-order valence-corrected chi connectivity index (χ3v) is 5.81. The molecule has 1 heterocycles. The smallest absolute Gasteiger partial charge is 0.123 e. The largest absolute Gasteiger partial charge is 0.368 e. The lowest BCUT2D eigenvalue weighted by Gasteiger charge is -2.24. The van der Waals surface area contributed by atoms with Crippen LogP contribution in [0.3, 0.4) is 0 Å². The molecule has 2 fully saturated rings. The van der Waals surface area contributed by atoms with E-state index in [9.17, 15) is 4.39 Å². The summed E-state index contributed by atoms with van der Waals surface area (Å²) in [6.45, 7) is 0.537. The minimum absolute atomic E-state index is 0.0136. The SMILES string of the molecule is NC[C@H]1O[C@H]2c3cc(F)ccc3Cc3ccccc3[C@@]23CC13. The molecule has 22 heavy (non-hydrogen) atoms. The Kier molecular flexibility index (Phi) is 2.43. The minimum Gasteiger partial charge on any atom is -0.368 e. The first-order valence-corrected chi connectivity index (χ1v) is 7.96. The average Bonchev–Trinajstić information content (AvgIpc) is 3.22. The van der Waals surface area contributed by atoms with Crippen molar-refractivity contribution in [3.05, 3.63) is 70.5 Å². The lowest BCUT2D eigenvalue weighted by Crippen LogP contribution is -2.23. The number of benzene rings is 2. The number of nitrogens with two attached hydrogens (primary N) is 1. The number of ether oxygens (including phenoxy) is 1. The molecule has 112 valence electrons. The third kappa shape index (κ3) is 1.46. The molecule has 5 rings (SSSR count). The van der Waals surface area contributed by atoms with Crippen molar-refractivity contribution in [3.63, 3.8) is 0 Å². The van der Waals surface area contributed by atoms with Crippen LogP contribution >= 0.6 is 0 Å². The van der Waals surface area contributed by atoms with Crippen LogP contribution < -0.4 is 5.73 Å². The molecule has 1 saturated carbocycles. The van der Waals surface area contributed by atoms with Crippen LogP contribution in [0, 0.1) is 11.7 Å². The maximum atomic E-state index is 13.9. The van der Waals surface area contributed by atoms with E-state index < -0.39 is 0 Å². The second kappa shape index (κ2) is 4.18. The van der Waals surface area contributed by atoms with Gasteiger partial charge in [0, 0.05) is 12.0 Å². The average molecular weight is 295 g/mol. The molecule has 0 radical (unpaired) electrons. The normalized spacial score (nSPS) is 34.2. The van der Waals surface area contributed by atoms with Crippen LogP contribution in [-0.2, 0) is 16.6 Å². The molecule has 2 N–H and O–H groups in total. The quantitative estimate of drug-likeness (QED) is 0.877. The predicted octanol–water partition coefficient (Wildman–Crippen LogP) is 3.09. The monoisotopic (exact) mass is 295 g/mol. The fourth-order valence-electron chi connectivity index (χ4n) is 4.79. The van der Waals surface area contributed by atoms with Crippen molar-refractivity contribution in [3.8, 4) is 0 Å². The van der Waals surface area contributed by atoms with Crippen molar-refractivity contribution in [1.29, 1.82) is 0 Å². The highest BCUT2D eigenvalue weighted by atomic mass is 19.1. The van der Waals surface area contributed by atoms with Crippen LogP contribution in [0.2, 0.25) is 0 Å². The van der Waals surface area contributed by atoms with E-state index in [1.807, 2.05) is 6.07 Å². The molecule has 1 saturated heterocycles. The Balaban J connectivity index is 1.77. The standard InChI is InChI=1S/C19H18FNO/c20-13-6-5-11-7-12-3-1-2-4-15(12)19-9-16(19)17(10-21)22-18(19)14(11)8-13/h1-6,8,16-18H,7,9-10,21H2/t16?,17-,18+,19-/m1/s1. The summed E-state index contributed by atoms with van der Waals surface area (Å²) in [6.07, 6.45) is 1.99. The van der Waals surface area contributed by atoms with Gasteiger partial charge >= 0.3 is 0 Å². The molecule has 2 nitrogen and oxygen atoms in total. The molecule has 2 aromatic carbocycles. The zero-order valence-corrected chi connectivity index (χ0v) is 12.3. The summed E-state index contributed by atoms with van der Waals surface area (Å²) < 4.78 is 20.1. The first-order chi connectivity index (χ1) is 10.7. The van der Waals surface area contributed by atoms with Gasteiger partial charge < -0.3 is 10.5 Å². The van der Waals surface area contributed by atoms with E-state index in [-0.39, 0.29) is 23.4 Å². The molecule has 3 aliphatic rings. The number of hydrogen-bond donors (Lipinski definition) is 1. The van der Waals surface area contributed by atoms with Gasteiger partial charge in [-0.2, -0.15) is 0 Å². The molecule has 1 unspecified atom stereocenters. The summed E-state index contributed by atoms with van der Waals surface area (Å²) >= 11 is 0. The topological polar surface area (TPSA) is 35.2 Å². The van der Waals surface area contributed by atoms with Gasteiger partial charge in [0.05, 0.1) is 12.2 Å². The molecular formula is C19H18FNO. The van der Waals surface area contributed by atoms with Crippen LogP contribution in [-0.4, -0.2) is 12.6 Å². The Hall–Kier alpha value is -1.71. The highest BCUT2D eigenvalue weighted by molar-refractivity contribution is 5.53. The molecule has 0 aromatic heterocycles. The summed E-state index contributed by atoms with van der Waals surface area (Å²) in [6, 6.07) is 13.8. The summed E-state index contributed by atoms with van der Waals surface area (Å²) in [5.74, 6) is 0.287. The predicted molar refractivity (Wildman–Crippen MR) is 82.1 cm³/mol. The number of rotatable bonds is 1. The van der Waals surface area contributed by atoms with Gasteiger partial charge in [-0.15, -0.1) is 0 Å². The molecule has 1 spiro atoms. The van der Waals surface area contributed by atoms with Crippen molar-refractivity contribution in [2.24, 2.45) is 11.7 Å². The number of hydrogen-bond acceptors (Lipinski definition) is 2. The maximum absolute atomic E-state index is 13.9. The first kappa shape index (κ1) is 12.8. The fraction of sp³-hybridized carbons (Fsp3) is 0.368. The van der Waals surface area contributed by atoms with Crippen molar-refractivity contribution in [2.45, 2.75) is 30.5 Å². The third-order valence-electron chi connectivity index (χ3n) is 5.81. The van der Waals surface area contributed by atoms with Gasteiger partial charge in [0.2, 0.25) is 0 Å². The Labute approximate surface area is 129 Å². The Morgan fingerprint density at radius 3 is 2.91 bits per heavy atom. The summed E-state index contributed by atoms with van der Waals surface area (Å²) in [7, 11) is 0. The Morgan fingerprint density at radius 2 is 2.05 bits per heavy atom. The lowest BCUT2D eigenvalue weighted by molar-refractivity contribution is 0.0133. The van der Waals surface area contributed by atoms with Crippen LogP contribution in [0.15, 0.2) is 42.5 Å². The van der Waals surface area contributed by atoms with Gasteiger partial charge in [0.25, 0.3) is 0 Å². The molecule has 3 heteroatoms. The van der Waals surface area contributed by atoms with Crippen LogP contribution in [0.4, 0.5) is 4.39 Å². The summed E-state index contributed by atoms with van der Waals surface area (Å²) in [4.78, 5) is 0. The zero-order chi connectivity index (χ0) is 14.9. The van der Waals surface area contributed by atoms with Crippen LogP contribution in [0.1, 0.15) is 34.8 Å². The molecule has 2 aromatic rings. The van der Waals surface area contributed by atoms with Gasteiger partial charge in [-0.05, 0) is 53.1 Å². The van der Waals surface area contributed by atoms with Gasteiger partial charge in [0.15, 0.2) is 0 Å². The molecule has 1 aliphatic heterocycles. The second-order valence-electron chi connectivity index (χ2n) is 6.82. The van der Waals surface area contributed by atoms with Gasteiger partial charge in [0.1, 0.15) is 5.82 Å². The molecule has 2 aliphatic carbocycles. The number of fused-ring (bicyclic) bond motifs is 3. The van der Waals surface area contributed by atoms with Gasteiger partial charge in [-0.1, -0.05) is 30.3 Å². The molecule has 0 bridgehead atoms. The van der Waals surface area contributed by atoms with Crippen molar-refractivity contribution in [2.75, 3.05) is 6.54 Å². The fourth-order valence-corrected chi connectivity index (χ4v) is 4.79. The Bertz CT molecular complexity index is 774. The second-order valence-corrected chi connectivity index (χ2v) is 6.82. The highest BCUT2D eigenvalue weighted by Crippen LogP contribution is 2.71. The van der Waals surface area contributed by atoms with Gasteiger partial charge in [-0.25, -0.2) is 4.39 Å². The zero-order valence-electron chi connectivity index (χ0n) is 12.3. The molecule has 4 atom stereocenters.